The van der Waals surface area contributed by atoms with Gasteiger partial charge in [0, 0.05) is 20.0 Å². The molecule has 1 amide bonds. The molecular weight excluding hydrogens is 396 g/mol. The number of hydrogen-bond acceptors (Lipinski definition) is 6. The Labute approximate surface area is 162 Å². The highest BCUT2D eigenvalue weighted by Gasteiger charge is 2.30. The molecule has 0 aliphatic heterocycles. The van der Waals surface area contributed by atoms with Crippen molar-refractivity contribution in [2.24, 2.45) is 0 Å². The number of carbonyl (C=O) groups excluding carboxylic acids is 1. The summed E-state index contributed by atoms with van der Waals surface area (Å²) in [6.45, 7) is 5.34. The highest BCUT2D eigenvalue weighted by molar-refractivity contribution is 8.13. The lowest BCUT2D eigenvalue weighted by atomic mass is 10.2. The third-order valence-electron chi connectivity index (χ3n) is 3.53. The molecule has 0 N–H and O–H groups in total. The Bertz CT molecular complexity index is 910. The van der Waals surface area contributed by atoms with E-state index >= 15 is 0 Å². The van der Waals surface area contributed by atoms with Crippen LogP contribution in [0, 0.1) is 0 Å². The van der Waals surface area contributed by atoms with Crippen LogP contribution in [0.5, 0.6) is 0 Å². The van der Waals surface area contributed by atoms with Crippen molar-refractivity contribution >= 4 is 39.2 Å². The van der Waals surface area contributed by atoms with Gasteiger partial charge in [0.2, 0.25) is 0 Å². The van der Waals surface area contributed by atoms with E-state index in [0.717, 1.165) is 16.4 Å². The average Bonchev–Trinajstić information content (AvgIpc) is 2.98. The van der Waals surface area contributed by atoms with Crippen LogP contribution < -0.4 is 0 Å². The number of hydrogen-bond donors (Lipinski definition) is 0. The minimum absolute atomic E-state index is 0.000966. The Balaban J connectivity index is 2.41. The maximum atomic E-state index is 12.9. The smallest absolute Gasteiger partial charge is 0.329 e. The zero-order valence-corrected chi connectivity index (χ0v) is 17.6. The summed E-state index contributed by atoms with van der Waals surface area (Å²) in [5, 5.41) is 4.62. The van der Waals surface area contributed by atoms with Crippen molar-refractivity contribution in [2.45, 2.75) is 41.3 Å². The van der Waals surface area contributed by atoms with E-state index in [9.17, 15) is 13.2 Å². The zero-order chi connectivity index (χ0) is 19.6. The third-order valence-corrected chi connectivity index (χ3v) is 7.67. The van der Waals surface area contributed by atoms with Crippen LogP contribution in [-0.2, 0) is 9.84 Å². The quantitative estimate of drug-likeness (QED) is 0.693. The van der Waals surface area contributed by atoms with Gasteiger partial charge in [0.1, 0.15) is 4.58 Å². The zero-order valence-electron chi connectivity index (χ0n) is 15.2. The first-order chi connectivity index (χ1) is 12.1. The molecule has 2 aromatic rings. The second-order valence-electron chi connectivity index (χ2n) is 6.16. The topological polar surface area (TPSA) is 85.2 Å². The predicted molar refractivity (Wildman–Crippen MR) is 103 cm³/mol. The van der Waals surface area contributed by atoms with Gasteiger partial charge in [-0.3, -0.25) is 0 Å². The highest BCUT2D eigenvalue weighted by Crippen LogP contribution is 2.33. The minimum atomic E-state index is -3.72. The number of nitrogens with zero attached hydrogens (tertiary/aromatic N) is 4. The fourth-order valence-electron chi connectivity index (χ4n) is 2.01. The van der Waals surface area contributed by atoms with Crippen molar-refractivity contribution in [3.63, 3.8) is 0 Å². The van der Waals surface area contributed by atoms with E-state index in [4.69, 9.17) is 11.6 Å². The summed E-state index contributed by atoms with van der Waals surface area (Å²) in [7, 11) is -0.527. The molecule has 1 unspecified atom stereocenters. The first-order valence-electron chi connectivity index (χ1n) is 7.89. The van der Waals surface area contributed by atoms with Crippen molar-refractivity contribution < 1.29 is 13.2 Å². The molecule has 1 heterocycles. The second-order valence-corrected chi connectivity index (χ2v) is 10.4. The van der Waals surface area contributed by atoms with Gasteiger partial charge in [-0.1, -0.05) is 49.3 Å². The molecule has 0 aliphatic carbocycles. The normalized spacial score (nSPS) is 13.0. The first-order valence-corrected chi connectivity index (χ1v) is 10.7. The maximum Gasteiger partial charge on any atom is 0.346 e. The number of sulfone groups is 1. The summed E-state index contributed by atoms with van der Waals surface area (Å²) >= 11 is 7.00. The molecule has 0 saturated heterocycles. The number of amides is 1. The van der Waals surface area contributed by atoms with Crippen molar-refractivity contribution in [1.82, 2.24) is 19.7 Å². The van der Waals surface area contributed by atoms with Gasteiger partial charge in [0.15, 0.2) is 20.8 Å². The lowest BCUT2D eigenvalue weighted by molar-refractivity contribution is 0.213. The van der Waals surface area contributed by atoms with Crippen molar-refractivity contribution in [3.05, 3.63) is 35.1 Å². The van der Waals surface area contributed by atoms with Crippen molar-refractivity contribution in [3.8, 4) is 0 Å². The molecule has 10 heteroatoms. The molecule has 0 fully saturated rings. The lowest BCUT2D eigenvalue weighted by Gasteiger charge is -2.15. The molecular formula is C16H21ClN4O3S2. The van der Waals surface area contributed by atoms with Crippen LogP contribution in [-0.4, -0.2) is 52.8 Å². The molecule has 1 aromatic heterocycles. The molecule has 0 bridgehead atoms. The van der Waals surface area contributed by atoms with Gasteiger partial charge in [-0.05, 0) is 19.1 Å². The molecule has 7 nitrogen and oxygen atoms in total. The molecule has 0 radical (unpaired) electrons. The highest BCUT2D eigenvalue weighted by atomic mass is 35.5. The average molecular weight is 417 g/mol. The first kappa shape index (κ1) is 20.7. The Hall–Kier alpha value is -1.58. The molecule has 0 aliphatic rings. The fraction of sp³-hybridized carbons (Fsp3) is 0.438. The maximum absolute atomic E-state index is 12.9. The van der Waals surface area contributed by atoms with E-state index in [1.165, 1.54) is 24.0 Å². The summed E-state index contributed by atoms with van der Waals surface area (Å²) in [6.07, 6.45) is 0. The van der Waals surface area contributed by atoms with Crippen LogP contribution in [0.2, 0.25) is 5.02 Å². The fourth-order valence-corrected chi connectivity index (χ4v) is 5.18. The molecule has 2 rings (SSSR count). The van der Waals surface area contributed by atoms with E-state index in [1.54, 1.807) is 26.2 Å². The Kier molecular flexibility index (Phi) is 6.36. The summed E-state index contributed by atoms with van der Waals surface area (Å²) in [5.74, 6) is 0.478. The summed E-state index contributed by atoms with van der Waals surface area (Å²) in [4.78, 5) is 18.1. The van der Waals surface area contributed by atoms with Crippen LogP contribution in [0.15, 0.2) is 34.3 Å². The van der Waals surface area contributed by atoms with Crippen LogP contribution in [0.4, 0.5) is 4.79 Å². The van der Waals surface area contributed by atoms with Crippen LogP contribution in [0.25, 0.3) is 0 Å². The number of halogens is 1. The van der Waals surface area contributed by atoms with Gasteiger partial charge >= 0.3 is 6.03 Å². The van der Waals surface area contributed by atoms with E-state index in [1.807, 2.05) is 13.8 Å². The third kappa shape index (κ3) is 4.21. The molecule has 0 spiro atoms. The van der Waals surface area contributed by atoms with Gasteiger partial charge in [0.05, 0.1) is 9.92 Å². The largest absolute Gasteiger partial charge is 0.346 e. The second kappa shape index (κ2) is 7.98. The van der Waals surface area contributed by atoms with Gasteiger partial charge in [-0.25, -0.2) is 18.2 Å². The number of thioether (sulfide) groups is 1. The van der Waals surface area contributed by atoms with Crippen molar-refractivity contribution in [1.29, 1.82) is 0 Å². The summed E-state index contributed by atoms with van der Waals surface area (Å²) in [5.41, 5.74) is 0. The van der Waals surface area contributed by atoms with Crippen LogP contribution in [0.3, 0.4) is 0 Å². The molecule has 26 heavy (non-hydrogen) atoms. The number of rotatable bonds is 5. The summed E-state index contributed by atoms with van der Waals surface area (Å²) in [6, 6.07) is 5.88. The summed E-state index contributed by atoms with van der Waals surface area (Å²) < 4.78 is 25.9. The van der Waals surface area contributed by atoms with Gasteiger partial charge in [-0.2, -0.15) is 4.68 Å². The van der Waals surface area contributed by atoms with Crippen LogP contribution >= 0.6 is 23.4 Å². The van der Waals surface area contributed by atoms with Gasteiger partial charge in [-0.15, -0.1) is 5.10 Å². The minimum Gasteiger partial charge on any atom is -0.329 e. The van der Waals surface area contributed by atoms with Crippen molar-refractivity contribution in [2.75, 3.05) is 14.1 Å². The molecule has 1 atom stereocenters. The standard InChI is InChI=1S/C16H21ClN4O3S2/c1-10(2)14-18-15(21(19-14)16(22)20(4)5)25-11(3)26(23,24)13-9-7-6-8-12(13)17/h6-11H,1-5H3. The number of carbonyl (C=O) groups is 1. The molecule has 1 aromatic carbocycles. The van der Waals surface area contributed by atoms with E-state index < -0.39 is 20.5 Å². The Morgan fingerprint density at radius 2 is 1.85 bits per heavy atom. The van der Waals surface area contributed by atoms with Gasteiger partial charge in [0.25, 0.3) is 0 Å². The lowest BCUT2D eigenvalue weighted by Crippen LogP contribution is -2.29. The van der Waals surface area contributed by atoms with E-state index in [0.29, 0.717) is 5.82 Å². The molecule has 142 valence electrons. The predicted octanol–water partition coefficient (Wildman–Crippen LogP) is 3.50. The number of aromatic nitrogens is 3. The SMILES string of the molecule is CC(C)c1nc(SC(C)S(=O)(=O)c2ccccc2Cl)n(C(=O)N(C)C)n1. The Morgan fingerprint density at radius 3 is 2.38 bits per heavy atom. The van der Waals surface area contributed by atoms with Crippen LogP contribution in [0.1, 0.15) is 32.5 Å². The molecule has 0 saturated carbocycles. The monoisotopic (exact) mass is 416 g/mol. The number of benzene rings is 1. The van der Waals surface area contributed by atoms with Gasteiger partial charge < -0.3 is 4.90 Å². The van der Waals surface area contributed by atoms with E-state index in [2.05, 4.69) is 10.1 Å². The van der Waals surface area contributed by atoms with E-state index in [-0.39, 0.29) is 21.0 Å². The Morgan fingerprint density at radius 1 is 1.23 bits per heavy atom.